The number of rotatable bonds is 5. The van der Waals surface area contributed by atoms with Crippen LogP contribution in [-0.4, -0.2) is 48.3 Å². The van der Waals surface area contributed by atoms with Crippen molar-refractivity contribution in [3.8, 4) is 0 Å². The Kier molecular flexibility index (Phi) is 6.63. The van der Waals surface area contributed by atoms with E-state index in [1.54, 1.807) is 28.0 Å². The van der Waals surface area contributed by atoms with E-state index in [0.29, 0.717) is 32.4 Å². The quantitative estimate of drug-likeness (QED) is 0.732. The Bertz CT molecular complexity index is 1030. The number of amides is 3. The molecule has 0 aromatic heterocycles. The normalized spacial score (nSPS) is 17.2. The molecule has 0 unspecified atom stereocenters. The van der Waals surface area contributed by atoms with Crippen LogP contribution >= 0.6 is 0 Å². The van der Waals surface area contributed by atoms with Crippen LogP contribution in [0.1, 0.15) is 41.6 Å². The Morgan fingerprint density at radius 2 is 1.72 bits per heavy atom. The van der Waals surface area contributed by atoms with Crippen molar-refractivity contribution in [2.45, 2.75) is 31.7 Å². The minimum absolute atomic E-state index is 0.0274. The molecule has 1 N–H and O–H groups in total. The van der Waals surface area contributed by atoms with Gasteiger partial charge in [0.25, 0.3) is 5.91 Å². The van der Waals surface area contributed by atoms with Gasteiger partial charge in [-0.3, -0.25) is 14.4 Å². The molecule has 7 heteroatoms. The van der Waals surface area contributed by atoms with E-state index in [-0.39, 0.29) is 29.3 Å². The maximum atomic E-state index is 13.9. The number of carbonyl (C=O) groups is 3. The third-order valence-corrected chi connectivity index (χ3v) is 5.94. The SMILES string of the molecule is O=C(/C=C/c1ccc(N2CCCC2=O)cc1)NC1CCN(C(=O)c2ccccc2F)CC1. The lowest BCUT2D eigenvalue weighted by atomic mass is 10.0. The van der Waals surface area contributed by atoms with Crippen LogP contribution in [0.3, 0.4) is 0 Å². The number of benzene rings is 2. The van der Waals surface area contributed by atoms with Crippen molar-refractivity contribution in [1.82, 2.24) is 10.2 Å². The zero-order valence-electron chi connectivity index (χ0n) is 17.8. The van der Waals surface area contributed by atoms with Crippen LogP contribution in [0.2, 0.25) is 0 Å². The van der Waals surface area contributed by atoms with Crippen LogP contribution in [0.25, 0.3) is 6.08 Å². The average Bonchev–Trinajstić information content (AvgIpc) is 3.24. The van der Waals surface area contributed by atoms with Gasteiger partial charge in [-0.05, 0) is 55.2 Å². The largest absolute Gasteiger partial charge is 0.350 e. The lowest BCUT2D eigenvalue weighted by Gasteiger charge is -2.32. The summed E-state index contributed by atoms with van der Waals surface area (Å²) in [4.78, 5) is 40.0. The van der Waals surface area contributed by atoms with Crippen molar-refractivity contribution in [1.29, 1.82) is 0 Å². The highest BCUT2D eigenvalue weighted by Gasteiger charge is 2.25. The molecular weight excluding hydrogens is 409 g/mol. The minimum atomic E-state index is -0.516. The van der Waals surface area contributed by atoms with Crippen LogP contribution in [0.5, 0.6) is 0 Å². The van der Waals surface area contributed by atoms with Gasteiger partial charge >= 0.3 is 0 Å². The topological polar surface area (TPSA) is 69.7 Å². The molecule has 2 aromatic carbocycles. The van der Waals surface area contributed by atoms with Crippen molar-refractivity contribution in [3.05, 3.63) is 71.6 Å². The summed E-state index contributed by atoms with van der Waals surface area (Å²) in [5.41, 5.74) is 1.84. The first-order valence-electron chi connectivity index (χ1n) is 10.9. The number of hydrogen-bond acceptors (Lipinski definition) is 3. The maximum Gasteiger partial charge on any atom is 0.256 e. The van der Waals surface area contributed by atoms with Crippen molar-refractivity contribution in [3.63, 3.8) is 0 Å². The Morgan fingerprint density at radius 3 is 2.38 bits per heavy atom. The molecule has 4 rings (SSSR count). The fraction of sp³-hybridized carbons (Fsp3) is 0.320. The van der Waals surface area contributed by atoms with Crippen molar-refractivity contribution in [2.75, 3.05) is 24.5 Å². The predicted molar refractivity (Wildman–Crippen MR) is 121 cm³/mol. The highest BCUT2D eigenvalue weighted by Crippen LogP contribution is 2.22. The number of nitrogens with zero attached hydrogens (tertiary/aromatic N) is 2. The van der Waals surface area contributed by atoms with E-state index in [9.17, 15) is 18.8 Å². The molecule has 6 nitrogen and oxygen atoms in total. The standard InChI is InChI=1S/C25H26FN3O3/c26-22-5-2-1-4-21(22)25(32)28-16-13-19(14-17-28)27-23(30)12-9-18-7-10-20(11-8-18)29-15-3-6-24(29)31/h1-2,4-5,7-12,19H,3,6,13-17H2,(H,27,30)/b12-9+. The summed E-state index contributed by atoms with van der Waals surface area (Å²) >= 11 is 0. The van der Waals surface area contributed by atoms with E-state index in [1.807, 2.05) is 24.3 Å². The predicted octanol–water partition coefficient (Wildman–Crippen LogP) is 3.39. The van der Waals surface area contributed by atoms with Gasteiger partial charge in [0.15, 0.2) is 0 Å². The number of piperidine rings is 1. The molecule has 32 heavy (non-hydrogen) atoms. The second kappa shape index (κ2) is 9.77. The number of carbonyl (C=O) groups excluding carboxylic acids is 3. The minimum Gasteiger partial charge on any atom is -0.350 e. The summed E-state index contributed by atoms with van der Waals surface area (Å²) in [6, 6.07) is 13.5. The lowest BCUT2D eigenvalue weighted by Crippen LogP contribution is -2.46. The second-order valence-corrected chi connectivity index (χ2v) is 8.13. The molecule has 166 valence electrons. The van der Waals surface area contributed by atoms with E-state index in [2.05, 4.69) is 5.32 Å². The van der Waals surface area contributed by atoms with E-state index < -0.39 is 5.82 Å². The molecule has 2 heterocycles. The van der Waals surface area contributed by atoms with Crippen LogP contribution in [0, 0.1) is 5.82 Å². The van der Waals surface area contributed by atoms with Crippen LogP contribution in [0.4, 0.5) is 10.1 Å². The third-order valence-electron chi connectivity index (χ3n) is 5.94. The Labute approximate surface area is 186 Å². The van der Waals surface area contributed by atoms with Gasteiger partial charge in [-0.1, -0.05) is 24.3 Å². The fourth-order valence-electron chi connectivity index (χ4n) is 4.14. The zero-order valence-corrected chi connectivity index (χ0v) is 17.8. The first kappa shape index (κ1) is 21.7. The molecular formula is C25H26FN3O3. The van der Waals surface area contributed by atoms with Crippen LogP contribution < -0.4 is 10.2 Å². The summed E-state index contributed by atoms with van der Waals surface area (Å²) < 4.78 is 13.9. The molecule has 0 spiro atoms. The van der Waals surface area contributed by atoms with Gasteiger partial charge in [0.1, 0.15) is 5.82 Å². The molecule has 2 saturated heterocycles. The van der Waals surface area contributed by atoms with Crippen molar-refractivity contribution >= 4 is 29.5 Å². The maximum absolute atomic E-state index is 13.9. The number of anilines is 1. The van der Waals surface area contributed by atoms with Gasteiger partial charge < -0.3 is 15.1 Å². The number of nitrogens with one attached hydrogen (secondary N) is 1. The fourth-order valence-corrected chi connectivity index (χ4v) is 4.14. The molecule has 2 aliphatic rings. The number of likely N-dealkylation sites (tertiary alicyclic amines) is 1. The molecule has 2 aliphatic heterocycles. The Morgan fingerprint density at radius 1 is 1.00 bits per heavy atom. The molecule has 0 radical (unpaired) electrons. The zero-order chi connectivity index (χ0) is 22.5. The van der Waals surface area contributed by atoms with Crippen LogP contribution in [0.15, 0.2) is 54.6 Å². The second-order valence-electron chi connectivity index (χ2n) is 8.13. The summed E-state index contributed by atoms with van der Waals surface area (Å²) in [7, 11) is 0. The Balaban J connectivity index is 1.25. The first-order chi connectivity index (χ1) is 15.5. The van der Waals surface area contributed by atoms with Gasteiger partial charge in [0.05, 0.1) is 5.56 Å². The summed E-state index contributed by atoms with van der Waals surface area (Å²) in [5.74, 6) is -0.873. The lowest BCUT2D eigenvalue weighted by molar-refractivity contribution is -0.118. The van der Waals surface area contributed by atoms with E-state index in [0.717, 1.165) is 24.2 Å². The molecule has 2 aromatic rings. The first-order valence-corrected chi connectivity index (χ1v) is 10.9. The Hall–Kier alpha value is -3.48. The molecule has 0 saturated carbocycles. The summed E-state index contributed by atoms with van der Waals surface area (Å²) in [6.45, 7) is 1.69. The summed E-state index contributed by atoms with van der Waals surface area (Å²) in [5, 5.41) is 2.97. The average molecular weight is 435 g/mol. The number of halogens is 1. The van der Waals surface area contributed by atoms with Crippen LogP contribution in [-0.2, 0) is 9.59 Å². The van der Waals surface area contributed by atoms with Gasteiger partial charge in [0, 0.05) is 43.9 Å². The smallest absolute Gasteiger partial charge is 0.256 e. The van der Waals surface area contributed by atoms with Gasteiger partial charge in [-0.25, -0.2) is 4.39 Å². The van der Waals surface area contributed by atoms with Crippen molar-refractivity contribution < 1.29 is 18.8 Å². The van der Waals surface area contributed by atoms with E-state index in [1.165, 1.54) is 18.2 Å². The molecule has 2 fully saturated rings. The van der Waals surface area contributed by atoms with Gasteiger partial charge in [0.2, 0.25) is 11.8 Å². The van der Waals surface area contributed by atoms with Crippen molar-refractivity contribution in [2.24, 2.45) is 0 Å². The molecule has 3 amide bonds. The van der Waals surface area contributed by atoms with E-state index >= 15 is 0 Å². The monoisotopic (exact) mass is 435 g/mol. The highest BCUT2D eigenvalue weighted by molar-refractivity contribution is 5.96. The molecule has 0 bridgehead atoms. The van der Waals surface area contributed by atoms with E-state index in [4.69, 9.17) is 0 Å². The summed E-state index contributed by atoms with van der Waals surface area (Å²) in [6.07, 6.45) is 5.96. The molecule has 0 aliphatic carbocycles. The molecule has 0 atom stereocenters. The number of hydrogen-bond donors (Lipinski definition) is 1. The van der Waals surface area contributed by atoms with Gasteiger partial charge in [-0.2, -0.15) is 0 Å². The highest BCUT2D eigenvalue weighted by atomic mass is 19.1. The third kappa shape index (κ3) is 5.04. The van der Waals surface area contributed by atoms with Gasteiger partial charge in [-0.15, -0.1) is 0 Å².